The Morgan fingerprint density at radius 2 is 1.00 bits per heavy atom. The van der Waals surface area contributed by atoms with Crippen molar-refractivity contribution in [1.82, 2.24) is 0 Å². The number of rotatable bonds is 3. The molecular weight excluding hydrogens is 284 g/mol. The molecule has 0 fully saturated rings. The van der Waals surface area contributed by atoms with Crippen LogP contribution in [0.3, 0.4) is 0 Å². The maximum absolute atomic E-state index is 9.37. The van der Waals surface area contributed by atoms with E-state index in [4.69, 9.17) is 5.11 Å². The Kier molecular flexibility index (Phi) is 6.13. The van der Waals surface area contributed by atoms with Crippen molar-refractivity contribution in [2.24, 2.45) is 0 Å². The second kappa shape index (κ2) is 8.54. The third kappa shape index (κ3) is 4.82. The summed E-state index contributed by atoms with van der Waals surface area (Å²) in [7, 11) is 0. The van der Waals surface area contributed by atoms with Gasteiger partial charge in [0.05, 0.1) is 0 Å². The van der Waals surface area contributed by atoms with Gasteiger partial charge in [0.2, 0.25) is 0 Å². The molecule has 116 valence electrons. The van der Waals surface area contributed by atoms with E-state index in [2.05, 4.69) is 84.9 Å². The van der Waals surface area contributed by atoms with Gasteiger partial charge >= 0.3 is 5.97 Å². The van der Waals surface area contributed by atoms with E-state index in [9.17, 15) is 4.79 Å². The van der Waals surface area contributed by atoms with Crippen LogP contribution >= 0.6 is 0 Å². The van der Waals surface area contributed by atoms with Crippen molar-refractivity contribution in [3.05, 3.63) is 84.9 Å². The quantitative estimate of drug-likeness (QED) is 0.693. The number of aliphatic carboxylic acids is 1. The third-order valence-corrected chi connectivity index (χ3v) is 3.40. The topological polar surface area (TPSA) is 37.3 Å². The highest BCUT2D eigenvalue weighted by molar-refractivity contribution is 5.83. The lowest BCUT2D eigenvalue weighted by molar-refractivity contribution is -0.136. The van der Waals surface area contributed by atoms with Crippen LogP contribution in [0.5, 0.6) is 0 Å². The van der Waals surface area contributed by atoms with Crippen LogP contribution in [0.2, 0.25) is 0 Å². The van der Waals surface area contributed by atoms with E-state index in [1.54, 1.807) is 6.92 Å². The van der Waals surface area contributed by atoms with Gasteiger partial charge in [-0.3, -0.25) is 4.79 Å². The van der Waals surface area contributed by atoms with Gasteiger partial charge in [-0.1, -0.05) is 91.9 Å². The van der Waals surface area contributed by atoms with E-state index < -0.39 is 5.97 Å². The lowest BCUT2D eigenvalue weighted by Gasteiger charge is -2.09. The van der Waals surface area contributed by atoms with Crippen molar-refractivity contribution in [1.29, 1.82) is 0 Å². The van der Waals surface area contributed by atoms with Gasteiger partial charge in [-0.15, -0.1) is 0 Å². The molecule has 0 bridgehead atoms. The van der Waals surface area contributed by atoms with Crippen molar-refractivity contribution in [3.63, 3.8) is 0 Å². The highest BCUT2D eigenvalue weighted by atomic mass is 16.4. The second-order valence-corrected chi connectivity index (χ2v) is 5.02. The normalized spacial score (nSPS) is 9.61. The molecule has 0 aliphatic rings. The van der Waals surface area contributed by atoms with Gasteiger partial charge in [0.15, 0.2) is 0 Å². The molecule has 3 aromatic rings. The molecule has 1 N–H and O–H groups in total. The number of benzene rings is 3. The van der Waals surface area contributed by atoms with Gasteiger partial charge in [0, 0.05) is 6.42 Å². The number of carboxylic acid groups (broad SMARTS) is 1. The maximum Gasteiger partial charge on any atom is 0.303 e. The molecule has 0 aromatic heterocycles. The molecule has 3 aromatic carbocycles. The Hall–Kier alpha value is -2.87. The van der Waals surface area contributed by atoms with Gasteiger partial charge in [-0.25, -0.2) is 0 Å². The first-order valence-electron chi connectivity index (χ1n) is 7.64. The molecular formula is C21H20O2. The zero-order chi connectivity index (χ0) is 16.5. The summed E-state index contributed by atoms with van der Waals surface area (Å²) in [5.41, 5.74) is 5.09. The summed E-state index contributed by atoms with van der Waals surface area (Å²) in [5, 5.41) is 7.72. The van der Waals surface area contributed by atoms with E-state index in [0.29, 0.717) is 0 Å². The molecule has 0 saturated carbocycles. The highest BCUT2D eigenvalue weighted by Gasteiger charge is 2.05. The Labute approximate surface area is 137 Å². The molecule has 0 saturated heterocycles. The van der Waals surface area contributed by atoms with Gasteiger partial charge < -0.3 is 5.11 Å². The molecule has 2 heteroatoms. The molecule has 2 nitrogen and oxygen atoms in total. The Balaban J connectivity index is 0.000000338. The van der Waals surface area contributed by atoms with Crippen LogP contribution < -0.4 is 0 Å². The van der Waals surface area contributed by atoms with Crippen LogP contribution in [0.25, 0.3) is 22.3 Å². The summed E-state index contributed by atoms with van der Waals surface area (Å²) < 4.78 is 0. The number of hydrogen-bond acceptors (Lipinski definition) is 1. The molecule has 0 amide bonds. The fourth-order valence-electron chi connectivity index (χ4n) is 2.22. The van der Waals surface area contributed by atoms with Crippen molar-refractivity contribution >= 4 is 5.97 Å². The number of hydrogen-bond donors (Lipinski definition) is 1. The molecule has 0 atom stereocenters. The van der Waals surface area contributed by atoms with E-state index >= 15 is 0 Å². The molecule has 0 aliphatic carbocycles. The molecule has 0 heterocycles. The van der Waals surface area contributed by atoms with Gasteiger partial charge in [0.25, 0.3) is 0 Å². The SMILES string of the molecule is CCC(=O)O.c1ccc(-c2ccccc2-c2ccccc2)cc1. The second-order valence-electron chi connectivity index (χ2n) is 5.02. The number of carbonyl (C=O) groups is 1. The molecule has 0 aliphatic heterocycles. The van der Waals surface area contributed by atoms with Crippen molar-refractivity contribution in [2.75, 3.05) is 0 Å². The predicted molar refractivity (Wildman–Crippen MR) is 95.2 cm³/mol. The zero-order valence-electron chi connectivity index (χ0n) is 13.1. The first-order valence-corrected chi connectivity index (χ1v) is 7.64. The van der Waals surface area contributed by atoms with E-state index in [1.165, 1.54) is 22.3 Å². The largest absolute Gasteiger partial charge is 0.481 e. The zero-order valence-corrected chi connectivity index (χ0v) is 13.1. The van der Waals surface area contributed by atoms with Gasteiger partial charge in [0.1, 0.15) is 0 Å². The summed E-state index contributed by atoms with van der Waals surface area (Å²) in [5.74, 6) is -0.745. The predicted octanol–water partition coefficient (Wildman–Crippen LogP) is 5.50. The van der Waals surface area contributed by atoms with Crippen LogP contribution in [0.4, 0.5) is 0 Å². The highest BCUT2D eigenvalue weighted by Crippen LogP contribution is 2.31. The van der Waals surface area contributed by atoms with Gasteiger partial charge in [-0.2, -0.15) is 0 Å². The van der Waals surface area contributed by atoms with Crippen molar-refractivity contribution < 1.29 is 9.90 Å². The Morgan fingerprint density at radius 1 is 0.696 bits per heavy atom. The minimum absolute atomic E-state index is 0.222. The molecule has 3 rings (SSSR count). The van der Waals surface area contributed by atoms with Gasteiger partial charge in [-0.05, 0) is 22.3 Å². The van der Waals surface area contributed by atoms with Crippen molar-refractivity contribution in [3.8, 4) is 22.3 Å². The number of carboxylic acids is 1. The fraction of sp³-hybridized carbons (Fsp3) is 0.0952. The van der Waals surface area contributed by atoms with Crippen LogP contribution in [-0.2, 0) is 4.79 Å². The Bertz CT molecular complexity index is 676. The summed E-state index contributed by atoms with van der Waals surface area (Å²) in [4.78, 5) is 9.37. The fourth-order valence-corrected chi connectivity index (χ4v) is 2.22. The molecule has 0 spiro atoms. The van der Waals surface area contributed by atoms with E-state index in [1.807, 2.05) is 0 Å². The minimum Gasteiger partial charge on any atom is -0.481 e. The standard InChI is InChI=1S/C18H14.C3H6O2/c1-3-9-15(10-4-1)17-13-7-8-14-18(17)16-11-5-2-6-12-16;1-2-3(4)5/h1-14H;2H2,1H3,(H,4,5). The van der Waals surface area contributed by atoms with E-state index in [-0.39, 0.29) is 6.42 Å². The average Bonchev–Trinajstić information content (AvgIpc) is 2.63. The van der Waals surface area contributed by atoms with Crippen LogP contribution in [0, 0.1) is 0 Å². The van der Waals surface area contributed by atoms with Crippen molar-refractivity contribution in [2.45, 2.75) is 13.3 Å². The van der Waals surface area contributed by atoms with E-state index in [0.717, 1.165) is 0 Å². The molecule has 23 heavy (non-hydrogen) atoms. The van der Waals surface area contributed by atoms with Crippen LogP contribution in [-0.4, -0.2) is 11.1 Å². The summed E-state index contributed by atoms with van der Waals surface area (Å²) in [6.07, 6.45) is 0.222. The monoisotopic (exact) mass is 304 g/mol. The van der Waals surface area contributed by atoms with Crippen LogP contribution in [0.1, 0.15) is 13.3 Å². The summed E-state index contributed by atoms with van der Waals surface area (Å²) >= 11 is 0. The lowest BCUT2D eigenvalue weighted by atomic mass is 9.95. The lowest BCUT2D eigenvalue weighted by Crippen LogP contribution is -1.86. The summed E-state index contributed by atoms with van der Waals surface area (Å²) in [6.45, 7) is 1.60. The molecule has 0 radical (unpaired) electrons. The third-order valence-electron chi connectivity index (χ3n) is 3.40. The Morgan fingerprint density at radius 3 is 1.30 bits per heavy atom. The first-order chi connectivity index (χ1) is 11.2. The maximum atomic E-state index is 9.37. The summed E-state index contributed by atoms with van der Waals surface area (Å²) in [6, 6.07) is 29.6. The smallest absolute Gasteiger partial charge is 0.303 e. The molecule has 0 unspecified atom stereocenters. The minimum atomic E-state index is -0.745. The average molecular weight is 304 g/mol. The van der Waals surface area contributed by atoms with Crippen LogP contribution in [0.15, 0.2) is 84.9 Å². The first kappa shape index (κ1) is 16.5.